The molecule has 1 atom stereocenters. The monoisotopic (exact) mass is 257 g/mol. The second kappa shape index (κ2) is 7.33. The third-order valence-corrected chi connectivity index (χ3v) is 2.99. The highest BCUT2D eigenvalue weighted by molar-refractivity contribution is 5.85. The molecule has 0 radical (unpaired) electrons. The van der Waals surface area contributed by atoms with E-state index in [1.165, 1.54) is 4.90 Å². The molecule has 0 aromatic rings. The lowest BCUT2D eigenvalue weighted by atomic mass is 10.3. The number of amides is 2. The molecule has 1 aliphatic heterocycles. The van der Waals surface area contributed by atoms with Crippen molar-refractivity contribution in [2.45, 2.75) is 25.9 Å². The number of nitrogens with one attached hydrogen (secondary N) is 1. The average molecular weight is 257 g/mol. The van der Waals surface area contributed by atoms with Gasteiger partial charge in [-0.3, -0.25) is 14.5 Å². The molecule has 1 fully saturated rings. The number of carbonyl (C=O) groups excluding carboxylic acids is 2. The fraction of sp³-hybridized carbons (Fsp3) is 0.833. The molecule has 6 nitrogen and oxygen atoms in total. The molecule has 0 saturated carbocycles. The van der Waals surface area contributed by atoms with Crippen molar-refractivity contribution in [3.63, 3.8) is 0 Å². The van der Waals surface area contributed by atoms with E-state index in [-0.39, 0.29) is 31.0 Å². The third-order valence-electron chi connectivity index (χ3n) is 2.99. The molecule has 1 heterocycles. The van der Waals surface area contributed by atoms with E-state index in [4.69, 9.17) is 0 Å². The first-order valence-corrected chi connectivity index (χ1v) is 6.44. The largest absolute Gasteiger partial charge is 0.392 e. The maximum Gasteiger partial charge on any atom is 0.239 e. The van der Waals surface area contributed by atoms with E-state index in [0.29, 0.717) is 19.5 Å². The van der Waals surface area contributed by atoms with Crippen LogP contribution in [0.2, 0.25) is 0 Å². The van der Waals surface area contributed by atoms with Crippen LogP contribution in [0.25, 0.3) is 0 Å². The molecule has 6 heteroatoms. The van der Waals surface area contributed by atoms with Crippen LogP contribution in [0.15, 0.2) is 0 Å². The molecule has 1 saturated heterocycles. The van der Waals surface area contributed by atoms with Crippen molar-refractivity contribution in [2.75, 3.05) is 39.8 Å². The van der Waals surface area contributed by atoms with E-state index in [1.54, 1.807) is 7.05 Å². The Hall–Kier alpha value is -1.14. The molecule has 0 aromatic carbocycles. The summed E-state index contributed by atoms with van der Waals surface area (Å²) in [5, 5.41) is 12.1. The molecule has 18 heavy (non-hydrogen) atoms. The lowest BCUT2D eigenvalue weighted by Gasteiger charge is -2.20. The summed E-state index contributed by atoms with van der Waals surface area (Å²) in [6.07, 6.45) is 1.28. The predicted octanol–water partition coefficient (Wildman–Crippen LogP) is -0.962. The molecule has 104 valence electrons. The Bertz CT molecular complexity index is 296. The zero-order valence-corrected chi connectivity index (χ0v) is 11.2. The van der Waals surface area contributed by atoms with Gasteiger partial charge in [0, 0.05) is 26.7 Å². The molecule has 1 aliphatic rings. The molecule has 0 bridgehead atoms. The van der Waals surface area contributed by atoms with Gasteiger partial charge in [0.05, 0.1) is 19.2 Å². The predicted molar refractivity (Wildman–Crippen MR) is 68.0 cm³/mol. The summed E-state index contributed by atoms with van der Waals surface area (Å²) < 4.78 is 0. The van der Waals surface area contributed by atoms with Crippen LogP contribution in [0.1, 0.15) is 19.8 Å². The molecule has 0 aliphatic carbocycles. The molecule has 1 unspecified atom stereocenters. The Labute approximate surface area is 108 Å². The van der Waals surface area contributed by atoms with Crippen molar-refractivity contribution >= 4 is 11.8 Å². The standard InChI is InChI=1S/C12H23N3O3/c1-3-5-13-11(17)8-14(2)12(18)9-15-6-4-10(16)7-15/h10,16H,3-9H2,1-2H3,(H,13,17). The van der Waals surface area contributed by atoms with Crippen molar-refractivity contribution in [3.8, 4) is 0 Å². The second-order valence-electron chi connectivity index (χ2n) is 4.78. The Morgan fingerprint density at radius 2 is 2.22 bits per heavy atom. The normalized spacial score (nSPS) is 19.8. The topological polar surface area (TPSA) is 72.9 Å². The summed E-state index contributed by atoms with van der Waals surface area (Å²) >= 11 is 0. The van der Waals surface area contributed by atoms with Gasteiger partial charge in [-0.25, -0.2) is 0 Å². The zero-order valence-electron chi connectivity index (χ0n) is 11.2. The van der Waals surface area contributed by atoms with Crippen molar-refractivity contribution in [1.29, 1.82) is 0 Å². The van der Waals surface area contributed by atoms with Crippen LogP contribution in [0.4, 0.5) is 0 Å². The summed E-state index contributed by atoms with van der Waals surface area (Å²) in [6, 6.07) is 0. The van der Waals surface area contributed by atoms with Crippen LogP contribution >= 0.6 is 0 Å². The van der Waals surface area contributed by atoms with E-state index in [0.717, 1.165) is 13.0 Å². The molecular formula is C12H23N3O3. The number of nitrogens with zero attached hydrogens (tertiary/aromatic N) is 2. The number of aliphatic hydroxyl groups excluding tert-OH is 1. The fourth-order valence-corrected chi connectivity index (χ4v) is 1.89. The second-order valence-corrected chi connectivity index (χ2v) is 4.78. The Balaban J connectivity index is 2.26. The zero-order chi connectivity index (χ0) is 13.5. The van der Waals surface area contributed by atoms with Gasteiger partial charge in [0.15, 0.2) is 0 Å². The number of carbonyl (C=O) groups is 2. The van der Waals surface area contributed by atoms with Crippen LogP contribution in [0.5, 0.6) is 0 Å². The van der Waals surface area contributed by atoms with Gasteiger partial charge in [-0.15, -0.1) is 0 Å². The number of hydrogen-bond donors (Lipinski definition) is 2. The summed E-state index contributed by atoms with van der Waals surface area (Å²) in [6.45, 7) is 4.27. The summed E-state index contributed by atoms with van der Waals surface area (Å²) in [5.74, 6) is -0.218. The molecule has 0 aromatic heterocycles. The number of hydrogen-bond acceptors (Lipinski definition) is 4. The molecular weight excluding hydrogens is 234 g/mol. The van der Waals surface area contributed by atoms with Crippen LogP contribution in [0.3, 0.4) is 0 Å². The first-order chi connectivity index (χ1) is 8.52. The van der Waals surface area contributed by atoms with E-state index in [2.05, 4.69) is 5.32 Å². The van der Waals surface area contributed by atoms with E-state index in [1.807, 2.05) is 11.8 Å². The lowest BCUT2D eigenvalue weighted by Crippen LogP contribution is -2.43. The van der Waals surface area contributed by atoms with Crippen molar-refractivity contribution < 1.29 is 14.7 Å². The quantitative estimate of drug-likeness (QED) is 0.643. The number of β-amino-alcohol motifs (C(OH)–C–C–N with tert-alkyl or cyclic N) is 1. The number of aliphatic hydroxyl groups is 1. The smallest absolute Gasteiger partial charge is 0.239 e. The highest BCUT2D eigenvalue weighted by Crippen LogP contribution is 2.08. The van der Waals surface area contributed by atoms with E-state index in [9.17, 15) is 14.7 Å². The van der Waals surface area contributed by atoms with Crippen LogP contribution < -0.4 is 5.32 Å². The molecule has 0 spiro atoms. The van der Waals surface area contributed by atoms with Gasteiger partial charge < -0.3 is 15.3 Å². The minimum absolute atomic E-state index is 0.0873. The van der Waals surface area contributed by atoms with Crippen LogP contribution in [-0.4, -0.2) is 72.6 Å². The lowest BCUT2D eigenvalue weighted by molar-refractivity contribution is -0.135. The summed E-state index contributed by atoms with van der Waals surface area (Å²) in [7, 11) is 1.63. The first-order valence-electron chi connectivity index (χ1n) is 6.44. The van der Waals surface area contributed by atoms with E-state index < -0.39 is 0 Å². The van der Waals surface area contributed by atoms with Crippen molar-refractivity contribution in [2.24, 2.45) is 0 Å². The van der Waals surface area contributed by atoms with Gasteiger partial charge >= 0.3 is 0 Å². The molecule has 2 N–H and O–H groups in total. The van der Waals surface area contributed by atoms with Crippen LogP contribution in [-0.2, 0) is 9.59 Å². The van der Waals surface area contributed by atoms with Gasteiger partial charge in [0.25, 0.3) is 0 Å². The van der Waals surface area contributed by atoms with Crippen molar-refractivity contribution in [1.82, 2.24) is 15.1 Å². The molecule has 1 rings (SSSR count). The number of rotatable bonds is 6. The Morgan fingerprint density at radius 3 is 2.78 bits per heavy atom. The van der Waals surface area contributed by atoms with Crippen LogP contribution in [0, 0.1) is 0 Å². The van der Waals surface area contributed by atoms with Gasteiger partial charge in [0.1, 0.15) is 0 Å². The summed E-state index contributed by atoms with van der Waals surface area (Å²) in [4.78, 5) is 26.6. The first kappa shape index (κ1) is 14.9. The minimum atomic E-state index is -0.323. The Morgan fingerprint density at radius 1 is 1.50 bits per heavy atom. The maximum atomic E-state index is 11.8. The third kappa shape index (κ3) is 5.01. The van der Waals surface area contributed by atoms with Gasteiger partial charge in [0.2, 0.25) is 11.8 Å². The SMILES string of the molecule is CCCNC(=O)CN(C)C(=O)CN1CCC(O)C1. The highest BCUT2D eigenvalue weighted by Gasteiger charge is 2.23. The van der Waals surface area contributed by atoms with Gasteiger partial charge in [-0.05, 0) is 12.8 Å². The highest BCUT2D eigenvalue weighted by atomic mass is 16.3. The average Bonchev–Trinajstić information content (AvgIpc) is 2.72. The number of likely N-dealkylation sites (N-methyl/N-ethyl adjacent to an activating group) is 1. The Kier molecular flexibility index (Phi) is 6.07. The minimum Gasteiger partial charge on any atom is -0.392 e. The van der Waals surface area contributed by atoms with Gasteiger partial charge in [-0.2, -0.15) is 0 Å². The number of likely N-dealkylation sites (tertiary alicyclic amines) is 1. The summed E-state index contributed by atoms with van der Waals surface area (Å²) in [5.41, 5.74) is 0. The fourth-order valence-electron chi connectivity index (χ4n) is 1.89. The van der Waals surface area contributed by atoms with Crippen molar-refractivity contribution in [3.05, 3.63) is 0 Å². The van der Waals surface area contributed by atoms with E-state index >= 15 is 0 Å². The molecule has 2 amide bonds. The maximum absolute atomic E-state index is 11.8. The van der Waals surface area contributed by atoms with Gasteiger partial charge in [-0.1, -0.05) is 6.92 Å².